The summed E-state index contributed by atoms with van der Waals surface area (Å²) in [6.07, 6.45) is 2.44. The van der Waals surface area contributed by atoms with Crippen molar-refractivity contribution in [2.75, 3.05) is 11.9 Å². The first kappa shape index (κ1) is 17.8. The van der Waals surface area contributed by atoms with Gasteiger partial charge in [-0.1, -0.05) is 36.7 Å². The van der Waals surface area contributed by atoms with Crippen LogP contribution >= 0.6 is 11.6 Å². The predicted octanol–water partition coefficient (Wildman–Crippen LogP) is 4.59. The molecule has 24 heavy (non-hydrogen) atoms. The van der Waals surface area contributed by atoms with Crippen LogP contribution in [-0.2, 0) is 0 Å². The van der Waals surface area contributed by atoms with E-state index in [0.717, 1.165) is 23.2 Å². The van der Waals surface area contributed by atoms with Crippen molar-refractivity contribution in [2.24, 2.45) is 5.10 Å². The summed E-state index contributed by atoms with van der Waals surface area (Å²) >= 11 is 6.14. The van der Waals surface area contributed by atoms with Crippen LogP contribution in [0.15, 0.2) is 47.6 Å². The van der Waals surface area contributed by atoms with Gasteiger partial charge in [-0.15, -0.1) is 0 Å². The van der Waals surface area contributed by atoms with Crippen LogP contribution in [-0.4, -0.2) is 18.9 Å². The number of halogens is 1. The summed E-state index contributed by atoms with van der Waals surface area (Å²) in [6.45, 7) is 4.57. The van der Waals surface area contributed by atoms with Crippen LogP contribution in [0.3, 0.4) is 0 Å². The van der Waals surface area contributed by atoms with E-state index in [0.29, 0.717) is 17.4 Å². The van der Waals surface area contributed by atoms with Gasteiger partial charge in [0.15, 0.2) is 0 Å². The molecule has 0 spiro atoms. The molecule has 0 aliphatic heterocycles. The van der Waals surface area contributed by atoms with Crippen molar-refractivity contribution in [3.63, 3.8) is 0 Å². The highest BCUT2D eigenvalue weighted by Gasteiger charge is 2.03. The Balaban J connectivity index is 1.90. The largest absolute Gasteiger partial charge is 0.492 e. The minimum Gasteiger partial charge on any atom is -0.492 e. The summed E-state index contributed by atoms with van der Waals surface area (Å²) in [4.78, 5) is 11.8. The topological polar surface area (TPSA) is 62.7 Å². The molecule has 126 valence electrons. The summed E-state index contributed by atoms with van der Waals surface area (Å²) in [5.74, 6) is 0.640. The number of rotatable bonds is 6. The molecule has 0 unspecified atom stereocenters. The van der Waals surface area contributed by atoms with Crippen molar-refractivity contribution in [1.29, 1.82) is 0 Å². The number of para-hydroxylation sites is 1. The number of hydrazone groups is 1. The zero-order valence-corrected chi connectivity index (χ0v) is 14.4. The van der Waals surface area contributed by atoms with Gasteiger partial charge in [0.05, 0.1) is 17.8 Å². The van der Waals surface area contributed by atoms with E-state index < -0.39 is 6.03 Å². The van der Waals surface area contributed by atoms with E-state index in [-0.39, 0.29) is 0 Å². The molecule has 2 amide bonds. The zero-order valence-electron chi connectivity index (χ0n) is 13.7. The molecule has 0 aliphatic rings. The summed E-state index contributed by atoms with van der Waals surface area (Å²) in [5, 5.41) is 7.15. The van der Waals surface area contributed by atoms with Crippen molar-refractivity contribution < 1.29 is 9.53 Å². The molecule has 6 heteroatoms. The molecular weight excluding hydrogens is 326 g/mol. The lowest BCUT2D eigenvalue weighted by Gasteiger charge is -2.07. The molecule has 0 saturated carbocycles. The highest BCUT2D eigenvalue weighted by molar-refractivity contribution is 6.32. The van der Waals surface area contributed by atoms with Crippen molar-refractivity contribution in [3.8, 4) is 5.75 Å². The van der Waals surface area contributed by atoms with Gasteiger partial charge in [-0.05, 0) is 48.7 Å². The van der Waals surface area contributed by atoms with Crippen molar-refractivity contribution >= 4 is 29.5 Å². The van der Waals surface area contributed by atoms with Crippen LogP contribution < -0.4 is 15.5 Å². The van der Waals surface area contributed by atoms with Gasteiger partial charge in [-0.2, -0.15) is 5.10 Å². The third-order valence-corrected chi connectivity index (χ3v) is 3.49. The monoisotopic (exact) mass is 345 g/mol. The lowest BCUT2D eigenvalue weighted by atomic mass is 10.2. The summed E-state index contributed by atoms with van der Waals surface area (Å²) in [6, 6.07) is 12.4. The molecule has 2 aromatic carbocycles. The van der Waals surface area contributed by atoms with Gasteiger partial charge < -0.3 is 10.1 Å². The standard InChI is InChI=1S/C18H20ClN3O2/c1-3-10-24-17-9-8-14(11-15(17)19)12-20-22-18(23)21-16-7-5-4-6-13(16)2/h4-9,11-12H,3,10H2,1-2H3,(H2,21,22,23)/b20-12-. The number of urea groups is 1. The maximum Gasteiger partial charge on any atom is 0.339 e. The number of carbonyl (C=O) groups excluding carboxylic acids is 1. The van der Waals surface area contributed by atoms with Crippen LogP contribution in [0.1, 0.15) is 24.5 Å². The van der Waals surface area contributed by atoms with Gasteiger partial charge in [0.25, 0.3) is 0 Å². The molecule has 0 aromatic heterocycles. The Labute approximate surface area is 146 Å². The minimum absolute atomic E-state index is 0.408. The second-order valence-corrected chi connectivity index (χ2v) is 5.58. The lowest BCUT2D eigenvalue weighted by Crippen LogP contribution is -2.24. The smallest absolute Gasteiger partial charge is 0.339 e. The third kappa shape index (κ3) is 5.28. The number of hydrogen-bond donors (Lipinski definition) is 2. The quantitative estimate of drug-likeness (QED) is 0.594. The van der Waals surface area contributed by atoms with E-state index >= 15 is 0 Å². The van der Waals surface area contributed by atoms with E-state index in [2.05, 4.69) is 15.8 Å². The second-order valence-electron chi connectivity index (χ2n) is 5.18. The fourth-order valence-corrected chi connectivity index (χ4v) is 2.20. The maximum atomic E-state index is 11.8. The normalized spacial score (nSPS) is 10.6. The molecule has 0 heterocycles. The average Bonchev–Trinajstić information content (AvgIpc) is 2.56. The first-order valence-electron chi connectivity index (χ1n) is 7.68. The molecule has 0 bridgehead atoms. The molecule has 5 nitrogen and oxygen atoms in total. The van der Waals surface area contributed by atoms with Gasteiger partial charge in [-0.3, -0.25) is 0 Å². The van der Waals surface area contributed by atoms with Crippen molar-refractivity contribution in [3.05, 3.63) is 58.6 Å². The summed E-state index contributed by atoms with van der Waals surface area (Å²) in [7, 11) is 0. The number of nitrogens with one attached hydrogen (secondary N) is 2. The van der Waals surface area contributed by atoms with Gasteiger partial charge in [0, 0.05) is 5.69 Å². The van der Waals surface area contributed by atoms with Gasteiger partial charge in [0.1, 0.15) is 5.75 Å². The fourth-order valence-electron chi connectivity index (χ4n) is 1.96. The fraction of sp³-hybridized carbons (Fsp3) is 0.222. The number of amides is 2. The number of nitrogens with zero attached hydrogens (tertiary/aromatic N) is 1. The van der Waals surface area contributed by atoms with Crippen LogP contribution in [0.5, 0.6) is 5.75 Å². The first-order chi connectivity index (χ1) is 11.6. The highest BCUT2D eigenvalue weighted by atomic mass is 35.5. The Hall–Kier alpha value is -2.53. The number of ether oxygens (including phenoxy) is 1. The molecule has 2 N–H and O–H groups in total. The summed E-state index contributed by atoms with van der Waals surface area (Å²) < 4.78 is 5.51. The Morgan fingerprint density at radius 1 is 1.29 bits per heavy atom. The minimum atomic E-state index is -0.408. The number of carbonyl (C=O) groups is 1. The van der Waals surface area contributed by atoms with Crippen LogP contribution in [0.4, 0.5) is 10.5 Å². The van der Waals surface area contributed by atoms with Gasteiger partial charge >= 0.3 is 6.03 Å². The number of anilines is 1. The number of hydrogen-bond acceptors (Lipinski definition) is 3. The van der Waals surface area contributed by atoms with Crippen molar-refractivity contribution in [2.45, 2.75) is 20.3 Å². The Morgan fingerprint density at radius 2 is 2.08 bits per heavy atom. The molecule has 2 rings (SSSR count). The Kier molecular flexibility index (Phi) is 6.63. The molecule has 0 aliphatic carbocycles. The molecule has 0 atom stereocenters. The first-order valence-corrected chi connectivity index (χ1v) is 8.06. The average molecular weight is 346 g/mol. The van der Waals surface area contributed by atoms with E-state index in [1.165, 1.54) is 6.21 Å². The van der Waals surface area contributed by atoms with Crippen LogP contribution in [0.25, 0.3) is 0 Å². The van der Waals surface area contributed by atoms with E-state index in [1.807, 2.05) is 44.2 Å². The maximum absolute atomic E-state index is 11.8. The van der Waals surface area contributed by atoms with Gasteiger partial charge in [0.2, 0.25) is 0 Å². The third-order valence-electron chi connectivity index (χ3n) is 3.19. The van der Waals surface area contributed by atoms with E-state index in [9.17, 15) is 4.79 Å². The Morgan fingerprint density at radius 3 is 2.79 bits per heavy atom. The van der Waals surface area contributed by atoms with Crippen molar-refractivity contribution in [1.82, 2.24) is 5.43 Å². The van der Waals surface area contributed by atoms with Crippen LogP contribution in [0, 0.1) is 6.92 Å². The van der Waals surface area contributed by atoms with Gasteiger partial charge in [-0.25, -0.2) is 10.2 Å². The lowest BCUT2D eigenvalue weighted by molar-refractivity contribution is 0.252. The van der Waals surface area contributed by atoms with Crippen LogP contribution in [0.2, 0.25) is 5.02 Å². The highest BCUT2D eigenvalue weighted by Crippen LogP contribution is 2.25. The summed E-state index contributed by atoms with van der Waals surface area (Å²) in [5.41, 5.74) is 4.90. The molecular formula is C18H20ClN3O2. The number of benzene rings is 2. The molecule has 0 saturated heterocycles. The van der Waals surface area contributed by atoms with E-state index in [4.69, 9.17) is 16.3 Å². The Bertz CT molecular complexity index is 732. The zero-order chi connectivity index (χ0) is 17.4. The molecule has 2 aromatic rings. The predicted molar refractivity (Wildman–Crippen MR) is 98.2 cm³/mol. The number of aryl methyl sites for hydroxylation is 1. The van der Waals surface area contributed by atoms with E-state index in [1.54, 1.807) is 12.1 Å². The SMILES string of the molecule is CCCOc1ccc(/C=N\NC(=O)Nc2ccccc2C)cc1Cl. The second kappa shape index (κ2) is 8.93. The molecule has 0 radical (unpaired) electrons. The molecule has 0 fully saturated rings.